The van der Waals surface area contributed by atoms with Crippen LogP contribution in [0.1, 0.15) is 108 Å². The smallest absolute Gasteiger partial charge is 0.282 e. The summed E-state index contributed by atoms with van der Waals surface area (Å²) in [5.41, 5.74) is 6.67. The first-order valence-corrected chi connectivity index (χ1v) is 44.1. The van der Waals surface area contributed by atoms with Crippen LogP contribution in [0.4, 0.5) is 58.4 Å². The Morgan fingerprint density at radius 1 is 0.504 bits per heavy atom. The molecular weight excluding hydrogens is 1650 g/mol. The van der Waals surface area contributed by atoms with E-state index in [1.54, 1.807) is 85.7 Å². The summed E-state index contributed by atoms with van der Waals surface area (Å²) in [5, 5.41) is 32.3. The van der Waals surface area contributed by atoms with Gasteiger partial charge < -0.3 is 25.1 Å². The molecule has 32 nitrogen and oxygen atoms in total. The van der Waals surface area contributed by atoms with Crippen molar-refractivity contribution in [2.45, 2.75) is 97.1 Å². The van der Waals surface area contributed by atoms with Crippen molar-refractivity contribution >= 4 is 75.9 Å². The highest BCUT2D eigenvalue weighted by Crippen LogP contribution is 2.37. The van der Waals surface area contributed by atoms with Crippen molar-refractivity contribution in [2.75, 3.05) is 105 Å². The fourth-order valence-corrected chi connectivity index (χ4v) is 17.0. The van der Waals surface area contributed by atoms with Gasteiger partial charge in [-0.15, -0.1) is 0 Å². The molecule has 0 spiro atoms. The largest absolute Gasteiger partial charge is 0.394 e. The monoisotopic (exact) mass is 1740 g/mol. The molecule has 0 bridgehead atoms. The number of alkyl halides is 8. The number of nitrogens with one attached hydrogen (secondary N) is 4. The van der Waals surface area contributed by atoms with Gasteiger partial charge in [-0.25, -0.2) is 127 Å². The molecule has 0 amide bonds. The van der Waals surface area contributed by atoms with Crippen LogP contribution in [0.15, 0.2) is 153 Å². The molecule has 16 heterocycles. The Bertz CT molecular complexity index is 6180. The Morgan fingerprint density at radius 2 is 0.950 bits per heavy atom. The number of sulfonamides is 3. The zero-order valence-electron chi connectivity index (χ0n) is 66.7. The zero-order chi connectivity index (χ0) is 86.3. The first-order chi connectivity index (χ1) is 57.5. The number of piperidine rings is 3. The van der Waals surface area contributed by atoms with E-state index >= 15 is 0 Å². The van der Waals surface area contributed by atoms with Crippen molar-refractivity contribution < 1.29 is 65.5 Å². The Labute approximate surface area is 691 Å². The van der Waals surface area contributed by atoms with E-state index in [1.165, 1.54) is 72.8 Å². The molecular formula is C78H89F8N25O7S3. The molecule has 3 atom stereocenters. The Balaban J connectivity index is 0.000000140. The first-order valence-electron chi connectivity index (χ1n) is 38.4. The molecule has 3 aliphatic heterocycles. The lowest BCUT2D eigenvalue weighted by Crippen LogP contribution is -2.54. The summed E-state index contributed by atoms with van der Waals surface area (Å²) in [4.78, 5) is 41.4. The fourth-order valence-electron chi connectivity index (χ4n) is 14.7. The van der Waals surface area contributed by atoms with Crippen LogP contribution in [0.2, 0.25) is 0 Å². The van der Waals surface area contributed by atoms with Crippen molar-refractivity contribution in [2.24, 2.45) is 17.3 Å². The second-order valence-corrected chi connectivity index (χ2v) is 36.0. The molecule has 13 aromatic heterocycles. The van der Waals surface area contributed by atoms with Gasteiger partial charge >= 0.3 is 0 Å². The topological polar surface area (TPSA) is 371 Å². The van der Waals surface area contributed by atoms with Gasteiger partial charge in [-0.2, -0.15) is 25.5 Å². The fraction of sp³-hybridized carbons (Fsp3) is 0.397. The van der Waals surface area contributed by atoms with Crippen LogP contribution in [0.25, 0.3) is 78.9 Å². The van der Waals surface area contributed by atoms with E-state index in [-0.39, 0.29) is 46.6 Å². The standard InChI is InChI=1S/C21H26F2N6O2S.C20H25F2N7O2S.C20H24F2N6O2S.C17H14F2N6O/c1-21(2,27-32(3,30)31)15-5-4-10-28(13-15)19-11-14(8-9-24-19)17-12-25-18-7-6-16(20(22)23)26-29(17)18;1-23-17-8-14(16-11-24-18-6-5-15(20(21)22)27-29(16)18)9-19(26-17)28-7-3-4-13(12-28)10-25-32(2,30)31;1-20(12-25-31(2,29)30)7-3-9-27(13-20)18-10-14(6-8-23-18)16-11-24-17-5-4-15(19(21)22)26-28(16)17;18-17(19)13-1-2-16-21-9-15(25(16)23-13)11-3-4-20-14(7-11)12-8-22-24(10-12)5-6-26/h6-9,11-12,15,20,27H,4-5,10,13H2,1-3H3;5-6,8-9,11,13,20,25H,3-4,7,10,12H2,1-2H3,(H,23,26);4-6,8,10-11,19,25H,3,7,9,12-13H2,1-2H3;1-4,7-10,17,26H,5-6H2. The van der Waals surface area contributed by atoms with Gasteiger partial charge in [-0.05, 0) is 167 Å². The van der Waals surface area contributed by atoms with Crippen molar-refractivity contribution in [3.63, 3.8) is 0 Å². The van der Waals surface area contributed by atoms with Crippen LogP contribution in [0.5, 0.6) is 0 Å². The van der Waals surface area contributed by atoms with Crippen LogP contribution in [-0.4, -0.2) is 209 Å². The van der Waals surface area contributed by atoms with Gasteiger partial charge in [0.25, 0.3) is 25.7 Å². The molecule has 3 saturated heterocycles. The number of halogens is 8. The maximum Gasteiger partial charge on any atom is 0.282 e. The number of fused-ring (bicyclic) bond motifs is 4. The molecule has 5 N–H and O–H groups in total. The van der Waals surface area contributed by atoms with E-state index < -0.39 is 61.3 Å². The number of hydrogen-bond donors (Lipinski definition) is 5. The second-order valence-electron chi connectivity index (χ2n) is 30.6. The molecule has 121 heavy (non-hydrogen) atoms. The third kappa shape index (κ3) is 21.9. The van der Waals surface area contributed by atoms with Crippen molar-refractivity contribution in [3.05, 3.63) is 176 Å². The van der Waals surface area contributed by atoms with Gasteiger partial charge in [-0.1, -0.05) is 6.92 Å². The maximum absolute atomic E-state index is 13.2. The minimum Gasteiger partial charge on any atom is -0.394 e. The normalized spacial score (nSPS) is 16.9. The molecule has 642 valence electrons. The van der Waals surface area contributed by atoms with Crippen molar-refractivity contribution in [3.8, 4) is 56.3 Å². The van der Waals surface area contributed by atoms with Gasteiger partial charge in [0.15, 0.2) is 22.6 Å². The van der Waals surface area contributed by atoms with Gasteiger partial charge in [0.05, 0.1) is 91.4 Å². The average molecular weight is 1740 g/mol. The van der Waals surface area contributed by atoms with E-state index in [2.05, 4.69) is 106 Å². The first kappa shape index (κ1) is 87.4. The average Bonchev–Trinajstić information content (AvgIpc) is 1.71. The Morgan fingerprint density at radius 3 is 1.42 bits per heavy atom. The highest BCUT2D eigenvalue weighted by atomic mass is 32.2. The molecule has 0 aliphatic carbocycles. The maximum atomic E-state index is 13.2. The molecule has 0 saturated carbocycles. The molecule has 16 rings (SSSR count). The second kappa shape index (κ2) is 36.9. The SMILES string of the molecule is CC(C)(NS(C)(=O)=O)C1CCCN(c2cc(-c3cnc4ccc(C(F)F)nn34)ccn2)C1.CC1(CNS(C)(=O)=O)CCCN(c2cc(-c3cnc4ccc(C(F)F)nn34)ccn2)C1.CNc1cc(-c2cnc3ccc(C(F)F)nn23)cc(N2CCCC(CNS(C)(=O)=O)C2)n1.OCCn1cc(-c2cc(-c3cnc4ccc(C(F)F)nn34)ccn2)cn1. The van der Waals surface area contributed by atoms with Crippen LogP contribution in [-0.2, 0) is 36.6 Å². The number of nitrogens with zero attached hydrogens (tertiary/aromatic N) is 21. The van der Waals surface area contributed by atoms with Crippen molar-refractivity contribution in [1.29, 1.82) is 0 Å². The summed E-state index contributed by atoms with van der Waals surface area (Å²) >= 11 is 0. The van der Waals surface area contributed by atoms with Gasteiger partial charge in [-0.3, -0.25) is 9.67 Å². The molecule has 43 heteroatoms. The van der Waals surface area contributed by atoms with E-state index in [0.717, 1.165) is 116 Å². The third-order valence-corrected chi connectivity index (χ3v) is 23.0. The number of anilines is 4. The number of hydrogen-bond acceptors (Lipinski definition) is 24. The third-order valence-electron chi connectivity index (χ3n) is 20.7. The lowest BCUT2D eigenvalue weighted by molar-refractivity contribution is 0.144. The minimum atomic E-state index is -3.33. The quantitative estimate of drug-likeness (QED) is 0.0351. The summed E-state index contributed by atoms with van der Waals surface area (Å²) in [5.74, 6) is 3.07. The number of aliphatic hydroxyl groups is 1. The van der Waals surface area contributed by atoms with E-state index in [9.17, 15) is 60.4 Å². The van der Waals surface area contributed by atoms with Gasteiger partial charge in [0, 0.05) is 118 Å². The lowest BCUT2D eigenvalue weighted by Gasteiger charge is -2.42. The van der Waals surface area contributed by atoms with E-state index in [0.29, 0.717) is 96.1 Å². The van der Waals surface area contributed by atoms with Crippen LogP contribution < -0.4 is 34.2 Å². The molecule has 3 fully saturated rings. The molecule has 13 aromatic rings. The van der Waals surface area contributed by atoms with Gasteiger partial charge in [0.2, 0.25) is 30.1 Å². The Kier molecular flexibility index (Phi) is 26.7. The summed E-state index contributed by atoms with van der Waals surface area (Å²) in [7, 11) is -8.09. The van der Waals surface area contributed by atoms with Crippen LogP contribution in [0.3, 0.4) is 0 Å². The van der Waals surface area contributed by atoms with E-state index in [4.69, 9.17) is 5.11 Å². The number of pyridine rings is 4. The van der Waals surface area contributed by atoms with Gasteiger partial charge in [0.1, 0.15) is 46.0 Å². The Hall–Kier alpha value is -11.4. The summed E-state index contributed by atoms with van der Waals surface area (Å²) in [6, 6.07) is 25.8. The summed E-state index contributed by atoms with van der Waals surface area (Å²) < 4.78 is 189. The highest BCUT2D eigenvalue weighted by Gasteiger charge is 2.37. The number of aliphatic hydroxyl groups excluding tert-OH is 1. The lowest BCUT2D eigenvalue weighted by atomic mass is 9.82. The molecule has 3 aliphatic rings. The molecule has 0 aromatic carbocycles. The predicted molar refractivity (Wildman–Crippen MR) is 440 cm³/mol. The molecule has 0 radical (unpaired) electrons. The number of aromatic nitrogens is 18. The van der Waals surface area contributed by atoms with Crippen LogP contribution >= 0.6 is 0 Å². The highest BCUT2D eigenvalue weighted by molar-refractivity contribution is 7.89. The number of rotatable bonds is 24. The zero-order valence-corrected chi connectivity index (χ0v) is 69.2. The van der Waals surface area contributed by atoms with Crippen LogP contribution in [0, 0.1) is 17.3 Å². The summed E-state index contributed by atoms with van der Waals surface area (Å²) in [6.45, 7) is 11.3. The minimum absolute atomic E-state index is 0.00541. The molecule has 3 unspecified atom stereocenters. The predicted octanol–water partition coefficient (Wildman–Crippen LogP) is 11.3. The van der Waals surface area contributed by atoms with E-state index in [1.807, 2.05) is 44.2 Å². The number of imidazole rings is 4. The summed E-state index contributed by atoms with van der Waals surface area (Å²) in [6.07, 6.45) is 13.1. The van der Waals surface area contributed by atoms with Crippen molar-refractivity contribution in [1.82, 2.24) is 102 Å².